The highest BCUT2D eigenvalue weighted by atomic mass is 15.0. The maximum absolute atomic E-state index is 3.63. The molecule has 1 aliphatic carbocycles. The van der Waals surface area contributed by atoms with Crippen LogP contribution in [0.15, 0.2) is 6.07 Å². The van der Waals surface area contributed by atoms with Crippen LogP contribution in [0.5, 0.6) is 0 Å². The van der Waals surface area contributed by atoms with E-state index in [1.165, 1.54) is 23.4 Å². The fourth-order valence-electron chi connectivity index (χ4n) is 2.16. The summed E-state index contributed by atoms with van der Waals surface area (Å²) < 4.78 is 2.26. The van der Waals surface area contributed by atoms with E-state index < -0.39 is 0 Å². The SMILES string of the molecule is Cc1cc(CNC2CC2(C)C)c(C)n1C. The Morgan fingerprint density at radius 3 is 2.47 bits per heavy atom. The molecule has 2 rings (SSSR count). The third kappa shape index (κ3) is 1.96. The Hall–Kier alpha value is -0.760. The third-order valence-electron chi connectivity index (χ3n) is 3.93. The quantitative estimate of drug-likeness (QED) is 0.804. The molecule has 1 unspecified atom stereocenters. The molecule has 1 N–H and O–H groups in total. The van der Waals surface area contributed by atoms with Crippen molar-refractivity contribution in [1.29, 1.82) is 0 Å². The van der Waals surface area contributed by atoms with Crippen LogP contribution in [0.4, 0.5) is 0 Å². The van der Waals surface area contributed by atoms with Crippen molar-refractivity contribution in [2.24, 2.45) is 12.5 Å². The summed E-state index contributed by atoms with van der Waals surface area (Å²) in [5.41, 5.74) is 4.70. The summed E-state index contributed by atoms with van der Waals surface area (Å²) in [6.07, 6.45) is 1.32. The lowest BCUT2D eigenvalue weighted by atomic mass is 10.2. The van der Waals surface area contributed by atoms with E-state index in [4.69, 9.17) is 0 Å². The molecule has 0 radical (unpaired) electrons. The van der Waals surface area contributed by atoms with Crippen LogP contribution in [0, 0.1) is 19.3 Å². The van der Waals surface area contributed by atoms with Crippen molar-refractivity contribution in [2.75, 3.05) is 0 Å². The van der Waals surface area contributed by atoms with Crippen LogP contribution < -0.4 is 5.32 Å². The lowest BCUT2D eigenvalue weighted by Gasteiger charge is -2.06. The summed E-state index contributed by atoms with van der Waals surface area (Å²) in [6.45, 7) is 10.0. The van der Waals surface area contributed by atoms with Gasteiger partial charge in [-0.15, -0.1) is 0 Å². The molecule has 15 heavy (non-hydrogen) atoms. The molecule has 2 nitrogen and oxygen atoms in total. The van der Waals surface area contributed by atoms with Crippen LogP contribution in [-0.2, 0) is 13.6 Å². The summed E-state index contributed by atoms with van der Waals surface area (Å²) in [4.78, 5) is 0. The second kappa shape index (κ2) is 3.38. The van der Waals surface area contributed by atoms with E-state index in [1.807, 2.05) is 0 Å². The van der Waals surface area contributed by atoms with Gasteiger partial charge in [-0.2, -0.15) is 0 Å². The highest BCUT2D eigenvalue weighted by molar-refractivity contribution is 5.26. The van der Waals surface area contributed by atoms with Crippen molar-refractivity contribution in [3.8, 4) is 0 Å². The number of aromatic nitrogens is 1. The molecule has 0 amide bonds. The molecule has 0 spiro atoms. The van der Waals surface area contributed by atoms with E-state index in [0.29, 0.717) is 5.41 Å². The van der Waals surface area contributed by atoms with Gasteiger partial charge in [0.05, 0.1) is 0 Å². The zero-order valence-corrected chi connectivity index (χ0v) is 10.5. The second-order valence-electron chi connectivity index (χ2n) is 5.58. The molecule has 84 valence electrons. The average Bonchev–Trinajstić information content (AvgIpc) is 2.70. The van der Waals surface area contributed by atoms with Crippen LogP contribution in [0.2, 0.25) is 0 Å². The van der Waals surface area contributed by atoms with Crippen molar-refractivity contribution >= 4 is 0 Å². The molecule has 1 fully saturated rings. The molecular formula is C13H22N2. The minimum atomic E-state index is 0.526. The molecule has 1 aromatic rings. The summed E-state index contributed by atoms with van der Waals surface area (Å²) >= 11 is 0. The van der Waals surface area contributed by atoms with Crippen molar-refractivity contribution < 1.29 is 0 Å². The molecular weight excluding hydrogens is 184 g/mol. The lowest BCUT2D eigenvalue weighted by Crippen LogP contribution is -2.20. The zero-order valence-electron chi connectivity index (χ0n) is 10.5. The molecule has 1 aromatic heterocycles. The van der Waals surface area contributed by atoms with E-state index in [9.17, 15) is 0 Å². The first-order valence-electron chi connectivity index (χ1n) is 5.77. The fraction of sp³-hybridized carbons (Fsp3) is 0.692. The van der Waals surface area contributed by atoms with Crippen LogP contribution in [0.25, 0.3) is 0 Å². The Kier molecular flexibility index (Phi) is 2.42. The highest BCUT2D eigenvalue weighted by Crippen LogP contribution is 2.44. The Labute approximate surface area is 92.7 Å². The van der Waals surface area contributed by atoms with Crippen molar-refractivity contribution in [3.63, 3.8) is 0 Å². The monoisotopic (exact) mass is 206 g/mol. The van der Waals surface area contributed by atoms with Gasteiger partial charge < -0.3 is 9.88 Å². The Morgan fingerprint density at radius 2 is 2.07 bits per heavy atom. The predicted octanol–water partition coefficient (Wildman–Crippen LogP) is 2.53. The summed E-state index contributed by atoms with van der Waals surface area (Å²) in [5.74, 6) is 0. The largest absolute Gasteiger partial charge is 0.352 e. The van der Waals surface area contributed by atoms with E-state index in [-0.39, 0.29) is 0 Å². The van der Waals surface area contributed by atoms with Crippen molar-refractivity contribution in [1.82, 2.24) is 9.88 Å². The Morgan fingerprint density at radius 1 is 1.47 bits per heavy atom. The number of hydrogen-bond acceptors (Lipinski definition) is 1. The van der Waals surface area contributed by atoms with Gasteiger partial charge in [0.2, 0.25) is 0 Å². The van der Waals surface area contributed by atoms with E-state index >= 15 is 0 Å². The van der Waals surface area contributed by atoms with Gasteiger partial charge in [-0.25, -0.2) is 0 Å². The molecule has 0 bridgehead atoms. The molecule has 1 atom stereocenters. The van der Waals surface area contributed by atoms with Gasteiger partial charge in [0.1, 0.15) is 0 Å². The Balaban J connectivity index is 1.97. The van der Waals surface area contributed by atoms with Crippen LogP contribution in [-0.4, -0.2) is 10.6 Å². The summed E-state index contributed by atoms with van der Waals surface area (Å²) in [7, 11) is 2.13. The smallest absolute Gasteiger partial charge is 0.0226 e. The third-order valence-corrected chi connectivity index (χ3v) is 3.93. The number of rotatable bonds is 3. The molecule has 1 heterocycles. The van der Waals surface area contributed by atoms with E-state index in [1.54, 1.807) is 0 Å². The van der Waals surface area contributed by atoms with Gasteiger partial charge in [-0.05, 0) is 37.3 Å². The second-order valence-corrected chi connectivity index (χ2v) is 5.58. The van der Waals surface area contributed by atoms with Gasteiger partial charge in [0, 0.05) is 31.0 Å². The maximum atomic E-state index is 3.63. The molecule has 1 aliphatic rings. The highest BCUT2D eigenvalue weighted by Gasteiger charge is 2.45. The topological polar surface area (TPSA) is 17.0 Å². The molecule has 1 saturated carbocycles. The van der Waals surface area contributed by atoms with Crippen LogP contribution in [0.1, 0.15) is 37.2 Å². The average molecular weight is 206 g/mol. The first-order valence-corrected chi connectivity index (χ1v) is 5.77. The van der Waals surface area contributed by atoms with E-state index in [0.717, 1.165) is 12.6 Å². The van der Waals surface area contributed by atoms with Gasteiger partial charge in [-0.1, -0.05) is 13.8 Å². The first kappa shape index (κ1) is 10.7. The number of nitrogens with zero attached hydrogens (tertiary/aromatic N) is 1. The number of nitrogens with one attached hydrogen (secondary N) is 1. The predicted molar refractivity (Wildman–Crippen MR) is 63.9 cm³/mol. The molecule has 0 saturated heterocycles. The minimum Gasteiger partial charge on any atom is -0.352 e. The number of hydrogen-bond donors (Lipinski definition) is 1. The van der Waals surface area contributed by atoms with Crippen molar-refractivity contribution in [2.45, 2.75) is 46.7 Å². The first-order chi connectivity index (χ1) is 6.92. The molecule has 2 heteroatoms. The van der Waals surface area contributed by atoms with Gasteiger partial charge in [0.15, 0.2) is 0 Å². The normalized spacial score (nSPS) is 23.1. The van der Waals surface area contributed by atoms with E-state index in [2.05, 4.69) is 50.7 Å². The van der Waals surface area contributed by atoms with Gasteiger partial charge in [0.25, 0.3) is 0 Å². The van der Waals surface area contributed by atoms with Gasteiger partial charge >= 0.3 is 0 Å². The summed E-state index contributed by atoms with van der Waals surface area (Å²) in [5, 5.41) is 3.63. The molecule has 0 aromatic carbocycles. The van der Waals surface area contributed by atoms with Crippen LogP contribution in [0.3, 0.4) is 0 Å². The zero-order chi connectivity index (χ0) is 11.2. The van der Waals surface area contributed by atoms with Crippen LogP contribution >= 0.6 is 0 Å². The van der Waals surface area contributed by atoms with Gasteiger partial charge in [-0.3, -0.25) is 0 Å². The molecule has 0 aliphatic heterocycles. The maximum Gasteiger partial charge on any atom is 0.0226 e. The van der Waals surface area contributed by atoms with Crippen molar-refractivity contribution in [3.05, 3.63) is 23.0 Å². The fourth-order valence-corrected chi connectivity index (χ4v) is 2.16. The standard InChI is InChI=1S/C13H22N2/c1-9-6-11(10(2)15(9)5)8-14-12-7-13(12,3)4/h6,12,14H,7-8H2,1-5H3. The lowest BCUT2D eigenvalue weighted by molar-refractivity contribution is 0.541. The number of aryl methyl sites for hydroxylation is 1. The Bertz CT molecular complexity index is 374. The summed E-state index contributed by atoms with van der Waals surface area (Å²) in [6, 6.07) is 3.01. The minimum absolute atomic E-state index is 0.526.